The molecule has 1 amide bonds. The van der Waals surface area contributed by atoms with Crippen LogP contribution in [0.2, 0.25) is 0 Å². The van der Waals surface area contributed by atoms with Gasteiger partial charge >= 0.3 is 0 Å². The molecule has 20 heavy (non-hydrogen) atoms. The average Bonchev–Trinajstić information content (AvgIpc) is 2.85. The molecule has 0 saturated carbocycles. The van der Waals surface area contributed by atoms with Gasteiger partial charge in [0.25, 0.3) is 5.91 Å². The summed E-state index contributed by atoms with van der Waals surface area (Å²) in [6, 6.07) is 11.3. The molecule has 1 aromatic carbocycles. The molecule has 0 fully saturated rings. The zero-order chi connectivity index (χ0) is 13.9. The molecule has 1 heterocycles. The quantitative estimate of drug-likeness (QED) is 0.912. The number of carbonyl (C=O) groups excluding carboxylic acids is 1. The molecule has 1 N–H and O–H groups in total. The van der Waals surface area contributed by atoms with Crippen LogP contribution in [0, 0.1) is 11.3 Å². The van der Waals surface area contributed by atoms with E-state index in [0.717, 1.165) is 24.8 Å². The zero-order valence-corrected chi connectivity index (χ0v) is 11.8. The largest absolute Gasteiger partial charge is 0.312 e. The van der Waals surface area contributed by atoms with Gasteiger partial charge in [0.15, 0.2) is 0 Å². The number of anilines is 1. The molecule has 1 aliphatic rings. The average molecular weight is 282 g/mol. The normalized spacial score (nSPS) is 13.3. The van der Waals surface area contributed by atoms with E-state index in [4.69, 9.17) is 0 Å². The Morgan fingerprint density at radius 1 is 1.20 bits per heavy atom. The molecule has 0 bridgehead atoms. The molecule has 0 saturated heterocycles. The summed E-state index contributed by atoms with van der Waals surface area (Å²) in [6.07, 6.45) is 4.28. The minimum atomic E-state index is -0.152. The molecule has 0 unspecified atom stereocenters. The molecular weight excluding hydrogens is 268 g/mol. The topological polar surface area (TPSA) is 52.9 Å². The highest BCUT2D eigenvalue weighted by Crippen LogP contribution is 2.37. The molecule has 0 atom stereocenters. The summed E-state index contributed by atoms with van der Waals surface area (Å²) in [7, 11) is 0. The number of amides is 1. The van der Waals surface area contributed by atoms with Gasteiger partial charge in [-0.05, 0) is 43.4 Å². The van der Waals surface area contributed by atoms with E-state index in [0.29, 0.717) is 16.1 Å². The van der Waals surface area contributed by atoms with Crippen LogP contribution in [0.4, 0.5) is 5.00 Å². The molecule has 4 heteroatoms. The number of aryl methyl sites for hydroxylation is 1. The second-order valence-electron chi connectivity index (χ2n) is 4.85. The first-order chi connectivity index (χ1) is 9.79. The first kappa shape index (κ1) is 12.9. The Bertz CT molecular complexity index is 682. The van der Waals surface area contributed by atoms with Crippen molar-refractivity contribution in [1.29, 1.82) is 5.26 Å². The van der Waals surface area contributed by atoms with E-state index >= 15 is 0 Å². The van der Waals surface area contributed by atoms with E-state index in [9.17, 15) is 10.1 Å². The minimum absolute atomic E-state index is 0.152. The lowest BCUT2D eigenvalue weighted by Gasteiger charge is -2.09. The second kappa shape index (κ2) is 5.48. The van der Waals surface area contributed by atoms with Crippen LogP contribution >= 0.6 is 11.3 Å². The van der Waals surface area contributed by atoms with Crippen LogP contribution in [0.15, 0.2) is 30.3 Å². The highest BCUT2D eigenvalue weighted by Gasteiger charge is 2.21. The highest BCUT2D eigenvalue weighted by atomic mass is 32.1. The molecule has 3 rings (SSSR count). The maximum atomic E-state index is 12.2. The minimum Gasteiger partial charge on any atom is -0.312 e. The fourth-order valence-electron chi connectivity index (χ4n) is 2.54. The predicted molar refractivity (Wildman–Crippen MR) is 80.1 cm³/mol. The molecule has 0 aliphatic heterocycles. The van der Waals surface area contributed by atoms with Gasteiger partial charge in [0.2, 0.25) is 0 Å². The van der Waals surface area contributed by atoms with Gasteiger partial charge in [0, 0.05) is 10.4 Å². The Morgan fingerprint density at radius 2 is 1.95 bits per heavy atom. The maximum absolute atomic E-state index is 12.2. The number of nitriles is 1. The van der Waals surface area contributed by atoms with Gasteiger partial charge in [0.05, 0.1) is 5.56 Å². The van der Waals surface area contributed by atoms with Crippen molar-refractivity contribution in [3.05, 3.63) is 51.9 Å². The molecular formula is C16H14N2OS. The summed E-state index contributed by atoms with van der Waals surface area (Å²) in [6.45, 7) is 0. The van der Waals surface area contributed by atoms with Crippen LogP contribution in [-0.2, 0) is 12.8 Å². The zero-order valence-electron chi connectivity index (χ0n) is 11.0. The fraction of sp³-hybridized carbons (Fsp3) is 0.250. The Hall–Kier alpha value is -2.12. The summed E-state index contributed by atoms with van der Waals surface area (Å²) >= 11 is 1.56. The second-order valence-corrected chi connectivity index (χ2v) is 5.95. The summed E-state index contributed by atoms with van der Waals surface area (Å²) in [5.41, 5.74) is 2.42. The molecule has 100 valence electrons. The van der Waals surface area contributed by atoms with Crippen LogP contribution in [0.1, 0.15) is 39.2 Å². The maximum Gasteiger partial charge on any atom is 0.256 e. The first-order valence-corrected chi connectivity index (χ1v) is 7.52. The Kier molecular flexibility index (Phi) is 3.53. The van der Waals surface area contributed by atoms with Gasteiger partial charge in [0.1, 0.15) is 11.1 Å². The van der Waals surface area contributed by atoms with Gasteiger partial charge in [-0.1, -0.05) is 18.2 Å². The monoisotopic (exact) mass is 282 g/mol. The number of thiophene rings is 1. The number of fused-ring (bicyclic) bond motifs is 1. The van der Waals surface area contributed by atoms with E-state index in [1.807, 2.05) is 18.2 Å². The van der Waals surface area contributed by atoms with Crippen molar-refractivity contribution >= 4 is 22.2 Å². The SMILES string of the molecule is N#Cc1c(NC(=O)c2ccccc2)sc2c1CCCC2. The van der Waals surface area contributed by atoms with Crippen molar-refractivity contribution in [3.8, 4) is 6.07 Å². The summed E-state index contributed by atoms with van der Waals surface area (Å²) in [5, 5.41) is 12.9. The number of nitrogens with zero attached hydrogens (tertiary/aromatic N) is 1. The third-order valence-electron chi connectivity index (χ3n) is 3.55. The van der Waals surface area contributed by atoms with Crippen LogP contribution in [0.25, 0.3) is 0 Å². The summed E-state index contributed by atoms with van der Waals surface area (Å²) in [5.74, 6) is -0.152. The number of benzene rings is 1. The van der Waals surface area contributed by atoms with Crippen LogP contribution in [0.5, 0.6) is 0 Å². The number of nitrogens with one attached hydrogen (secondary N) is 1. The molecule has 0 spiro atoms. The van der Waals surface area contributed by atoms with E-state index in [1.54, 1.807) is 23.5 Å². The molecule has 1 aromatic heterocycles. The lowest BCUT2D eigenvalue weighted by molar-refractivity contribution is 0.102. The standard InChI is InChI=1S/C16H14N2OS/c17-10-13-12-8-4-5-9-14(12)20-16(13)18-15(19)11-6-2-1-3-7-11/h1-3,6-7H,4-5,8-9H2,(H,18,19). The molecule has 3 nitrogen and oxygen atoms in total. The Balaban J connectivity index is 1.90. The van der Waals surface area contributed by atoms with Gasteiger partial charge in [-0.3, -0.25) is 4.79 Å². The van der Waals surface area contributed by atoms with Crippen LogP contribution in [-0.4, -0.2) is 5.91 Å². The Labute approximate surface area is 121 Å². The predicted octanol–water partition coefficient (Wildman–Crippen LogP) is 3.75. The van der Waals surface area contributed by atoms with Gasteiger partial charge < -0.3 is 5.32 Å². The van der Waals surface area contributed by atoms with E-state index in [2.05, 4.69) is 11.4 Å². The van der Waals surface area contributed by atoms with Crippen molar-refractivity contribution in [2.45, 2.75) is 25.7 Å². The Morgan fingerprint density at radius 3 is 2.70 bits per heavy atom. The van der Waals surface area contributed by atoms with Gasteiger partial charge in [-0.2, -0.15) is 5.26 Å². The number of carbonyl (C=O) groups is 1. The third-order valence-corrected chi connectivity index (χ3v) is 4.75. The number of hydrogen-bond donors (Lipinski definition) is 1. The van der Waals surface area contributed by atoms with Crippen molar-refractivity contribution in [2.24, 2.45) is 0 Å². The summed E-state index contributed by atoms with van der Waals surface area (Å²) < 4.78 is 0. The molecule has 1 aliphatic carbocycles. The van der Waals surface area contributed by atoms with Crippen molar-refractivity contribution in [1.82, 2.24) is 0 Å². The van der Waals surface area contributed by atoms with Crippen LogP contribution < -0.4 is 5.32 Å². The van der Waals surface area contributed by atoms with Crippen molar-refractivity contribution in [3.63, 3.8) is 0 Å². The third kappa shape index (κ3) is 2.33. The van der Waals surface area contributed by atoms with Crippen LogP contribution in [0.3, 0.4) is 0 Å². The van der Waals surface area contributed by atoms with Gasteiger partial charge in [-0.15, -0.1) is 11.3 Å². The number of hydrogen-bond acceptors (Lipinski definition) is 3. The highest BCUT2D eigenvalue weighted by molar-refractivity contribution is 7.16. The lowest BCUT2D eigenvalue weighted by Crippen LogP contribution is -2.11. The van der Waals surface area contributed by atoms with Gasteiger partial charge in [-0.25, -0.2) is 0 Å². The lowest BCUT2D eigenvalue weighted by atomic mass is 9.96. The molecule has 2 aromatic rings. The smallest absolute Gasteiger partial charge is 0.256 e. The van der Waals surface area contributed by atoms with Crippen molar-refractivity contribution in [2.75, 3.05) is 5.32 Å². The fourth-order valence-corrected chi connectivity index (χ4v) is 3.77. The van der Waals surface area contributed by atoms with Crippen molar-refractivity contribution < 1.29 is 4.79 Å². The summed E-state index contributed by atoms with van der Waals surface area (Å²) in [4.78, 5) is 13.4. The molecule has 0 radical (unpaired) electrons. The first-order valence-electron chi connectivity index (χ1n) is 6.70. The number of rotatable bonds is 2. The van der Waals surface area contributed by atoms with E-state index < -0.39 is 0 Å². The van der Waals surface area contributed by atoms with E-state index in [1.165, 1.54) is 11.3 Å². The van der Waals surface area contributed by atoms with E-state index in [-0.39, 0.29) is 5.91 Å².